The third kappa shape index (κ3) is 42.5. The summed E-state index contributed by atoms with van der Waals surface area (Å²) in [5.74, 6) is -0.280. The molecular formula is C50H99NO4. The van der Waals surface area contributed by atoms with Gasteiger partial charge in [-0.15, -0.1) is 0 Å². The van der Waals surface area contributed by atoms with Gasteiger partial charge in [-0.3, -0.25) is 4.79 Å². The average Bonchev–Trinajstić information content (AvgIpc) is 3.18. The Labute approximate surface area is 344 Å². The van der Waals surface area contributed by atoms with E-state index < -0.39 is 18.2 Å². The van der Waals surface area contributed by atoms with E-state index in [0.29, 0.717) is 12.8 Å². The SMILES string of the molecule is CCCCCCCCCCCCCC/C=C\CCCCCCCCCCCC(O)CC(=O)NC(CO)C(O)CCCCCCCCCCCCCCCCC. The van der Waals surface area contributed by atoms with Crippen molar-refractivity contribution in [3.8, 4) is 0 Å². The first-order valence-corrected chi connectivity index (χ1v) is 25.0. The van der Waals surface area contributed by atoms with Crippen molar-refractivity contribution < 1.29 is 20.1 Å². The molecule has 1 amide bonds. The topological polar surface area (TPSA) is 89.8 Å². The summed E-state index contributed by atoms with van der Waals surface area (Å²) >= 11 is 0. The van der Waals surface area contributed by atoms with Crippen LogP contribution in [0.4, 0.5) is 0 Å². The summed E-state index contributed by atoms with van der Waals surface area (Å²) in [4.78, 5) is 12.5. The molecule has 0 aliphatic carbocycles. The second-order valence-corrected chi connectivity index (χ2v) is 17.4. The Morgan fingerprint density at radius 2 is 0.727 bits per heavy atom. The van der Waals surface area contributed by atoms with Gasteiger partial charge in [0.05, 0.1) is 31.3 Å². The first kappa shape index (κ1) is 54.1. The average molecular weight is 778 g/mol. The number of aliphatic hydroxyl groups is 3. The minimum atomic E-state index is -0.747. The quantitative estimate of drug-likeness (QED) is 0.0366. The molecule has 55 heavy (non-hydrogen) atoms. The highest BCUT2D eigenvalue weighted by Gasteiger charge is 2.21. The second-order valence-electron chi connectivity index (χ2n) is 17.4. The predicted molar refractivity (Wildman–Crippen MR) is 241 cm³/mol. The molecule has 0 aliphatic rings. The lowest BCUT2D eigenvalue weighted by molar-refractivity contribution is -0.125. The fourth-order valence-electron chi connectivity index (χ4n) is 7.99. The lowest BCUT2D eigenvalue weighted by Gasteiger charge is -2.23. The van der Waals surface area contributed by atoms with Gasteiger partial charge in [-0.2, -0.15) is 0 Å². The highest BCUT2D eigenvalue weighted by atomic mass is 16.3. The van der Waals surface area contributed by atoms with Crippen LogP contribution in [-0.4, -0.2) is 46.1 Å². The van der Waals surface area contributed by atoms with Gasteiger partial charge < -0.3 is 20.6 Å². The van der Waals surface area contributed by atoms with E-state index >= 15 is 0 Å². The number of aliphatic hydroxyl groups excluding tert-OH is 3. The molecule has 0 radical (unpaired) electrons. The second kappa shape index (κ2) is 45.8. The van der Waals surface area contributed by atoms with Gasteiger partial charge in [0.15, 0.2) is 0 Å². The molecular weight excluding hydrogens is 679 g/mol. The van der Waals surface area contributed by atoms with Gasteiger partial charge >= 0.3 is 0 Å². The largest absolute Gasteiger partial charge is 0.394 e. The van der Waals surface area contributed by atoms with Crippen molar-refractivity contribution in [3.05, 3.63) is 12.2 Å². The number of hydrogen-bond donors (Lipinski definition) is 4. The molecule has 0 aromatic carbocycles. The van der Waals surface area contributed by atoms with Crippen molar-refractivity contribution in [1.29, 1.82) is 0 Å². The fourth-order valence-corrected chi connectivity index (χ4v) is 7.99. The fraction of sp³-hybridized carbons (Fsp3) is 0.940. The molecule has 0 heterocycles. The van der Waals surface area contributed by atoms with Crippen LogP contribution in [0.5, 0.6) is 0 Å². The lowest BCUT2D eigenvalue weighted by Crippen LogP contribution is -2.46. The summed E-state index contributed by atoms with van der Waals surface area (Å²) in [5.41, 5.74) is 0. The van der Waals surface area contributed by atoms with Crippen molar-refractivity contribution in [1.82, 2.24) is 5.32 Å². The number of hydrogen-bond acceptors (Lipinski definition) is 4. The zero-order chi connectivity index (χ0) is 40.1. The molecule has 0 spiro atoms. The zero-order valence-corrected chi connectivity index (χ0v) is 37.3. The molecule has 4 N–H and O–H groups in total. The van der Waals surface area contributed by atoms with Crippen LogP contribution in [0.15, 0.2) is 12.2 Å². The van der Waals surface area contributed by atoms with E-state index in [1.165, 1.54) is 218 Å². The Morgan fingerprint density at radius 1 is 0.436 bits per heavy atom. The van der Waals surface area contributed by atoms with E-state index in [-0.39, 0.29) is 18.9 Å². The molecule has 0 saturated heterocycles. The van der Waals surface area contributed by atoms with Gasteiger partial charge in [0.25, 0.3) is 0 Å². The number of carbonyl (C=O) groups is 1. The van der Waals surface area contributed by atoms with Crippen LogP contribution in [0.3, 0.4) is 0 Å². The molecule has 0 aromatic rings. The smallest absolute Gasteiger partial charge is 0.222 e. The van der Waals surface area contributed by atoms with Gasteiger partial charge in [0.1, 0.15) is 0 Å². The number of carbonyl (C=O) groups excluding carboxylic acids is 1. The highest BCUT2D eigenvalue weighted by Crippen LogP contribution is 2.17. The van der Waals surface area contributed by atoms with Crippen LogP contribution in [0.25, 0.3) is 0 Å². The van der Waals surface area contributed by atoms with E-state index in [1.54, 1.807) is 0 Å². The van der Waals surface area contributed by atoms with Crippen LogP contribution in [-0.2, 0) is 4.79 Å². The molecule has 0 saturated carbocycles. The molecule has 328 valence electrons. The molecule has 3 unspecified atom stereocenters. The Kier molecular flexibility index (Phi) is 45.0. The monoisotopic (exact) mass is 778 g/mol. The molecule has 0 aliphatic heterocycles. The number of unbranched alkanes of at least 4 members (excludes halogenated alkanes) is 35. The molecule has 0 rings (SSSR count). The Hall–Kier alpha value is -0.910. The predicted octanol–water partition coefficient (Wildman–Crippen LogP) is 14.8. The van der Waals surface area contributed by atoms with Crippen molar-refractivity contribution >= 4 is 5.91 Å². The van der Waals surface area contributed by atoms with Crippen LogP contribution in [0.2, 0.25) is 0 Å². The van der Waals surface area contributed by atoms with Crippen LogP contribution < -0.4 is 5.32 Å². The minimum Gasteiger partial charge on any atom is -0.394 e. The van der Waals surface area contributed by atoms with Crippen molar-refractivity contribution in [2.45, 2.75) is 295 Å². The molecule has 5 heteroatoms. The molecule has 0 fully saturated rings. The summed E-state index contributed by atoms with van der Waals surface area (Å²) in [6.07, 6.45) is 54.8. The normalized spacial score (nSPS) is 13.5. The third-order valence-corrected chi connectivity index (χ3v) is 11.8. The van der Waals surface area contributed by atoms with Crippen molar-refractivity contribution in [3.63, 3.8) is 0 Å². The number of nitrogens with one attached hydrogen (secondary N) is 1. The first-order chi connectivity index (χ1) is 27.0. The third-order valence-electron chi connectivity index (χ3n) is 11.8. The minimum absolute atomic E-state index is 0.0385. The number of allylic oxidation sites excluding steroid dienone is 2. The van der Waals surface area contributed by atoms with Gasteiger partial charge in [-0.05, 0) is 38.5 Å². The Bertz CT molecular complexity index is 773. The summed E-state index contributed by atoms with van der Waals surface area (Å²) in [6, 6.07) is -0.656. The number of amides is 1. The highest BCUT2D eigenvalue weighted by molar-refractivity contribution is 5.76. The maximum absolute atomic E-state index is 12.5. The zero-order valence-electron chi connectivity index (χ0n) is 37.3. The Morgan fingerprint density at radius 3 is 1.05 bits per heavy atom. The molecule has 5 nitrogen and oxygen atoms in total. The van der Waals surface area contributed by atoms with Gasteiger partial charge in [-0.25, -0.2) is 0 Å². The summed E-state index contributed by atoms with van der Waals surface area (Å²) in [7, 11) is 0. The van der Waals surface area contributed by atoms with E-state index in [0.717, 1.165) is 25.7 Å². The van der Waals surface area contributed by atoms with Crippen molar-refractivity contribution in [2.24, 2.45) is 0 Å². The standard InChI is InChI=1S/C50H99NO4/c1-3-5-7-9-11-13-15-17-19-20-21-22-23-24-25-26-27-28-30-31-33-35-37-39-41-43-47(53)45-50(55)51-48(46-52)49(54)44-42-40-38-36-34-32-29-18-16-14-12-10-8-6-4-2/h24-25,47-49,52-54H,3-23,26-46H2,1-2H3,(H,51,55)/b25-24-. The van der Waals surface area contributed by atoms with Crippen LogP contribution >= 0.6 is 0 Å². The summed E-state index contributed by atoms with van der Waals surface area (Å²) < 4.78 is 0. The van der Waals surface area contributed by atoms with E-state index in [2.05, 4.69) is 31.3 Å². The van der Waals surface area contributed by atoms with Gasteiger partial charge in [0.2, 0.25) is 5.91 Å². The maximum Gasteiger partial charge on any atom is 0.222 e. The van der Waals surface area contributed by atoms with Crippen LogP contribution in [0, 0.1) is 0 Å². The maximum atomic E-state index is 12.5. The number of rotatable bonds is 46. The molecule has 0 aromatic heterocycles. The molecule has 0 bridgehead atoms. The van der Waals surface area contributed by atoms with E-state index in [9.17, 15) is 20.1 Å². The first-order valence-electron chi connectivity index (χ1n) is 25.0. The lowest BCUT2D eigenvalue weighted by atomic mass is 10.0. The Balaban J connectivity index is 3.54. The molecule has 3 atom stereocenters. The van der Waals surface area contributed by atoms with Gasteiger partial charge in [-0.1, -0.05) is 244 Å². The van der Waals surface area contributed by atoms with E-state index in [1.807, 2.05) is 0 Å². The van der Waals surface area contributed by atoms with Crippen molar-refractivity contribution in [2.75, 3.05) is 6.61 Å². The van der Waals surface area contributed by atoms with Crippen LogP contribution in [0.1, 0.15) is 277 Å². The van der Waals surface area contributed by atoms with Gasteiger partial charge in [0, 0.05) is 0 Å². The summed E-state index contributed by atoms with van der Waals surface area (Å²) in [6.45, 7) is 4.29. The van der Waals surface area contributed by atoms with E-state index in [4.69, 9.17) is 0 Å². The summed E-state index contributed by atoms with van der Waals surface area (Å²) in [5, 5.41) is 33.5.